The van der Waals surface area contributed by atoms with Crippen molar-refractivity contribution in [1.82, 2.24) is 10.3 Å². The fourth-order valence-electron chi connectivity index (χ4n) is 1.49. The molecule has 0 saturated heterocycles. The minimum Gasteiger partial charge on any atom is -0.478 e. The Morgan fingerprint density at radius 2 is 2.20 bits per heavy atom. The number of hydrogen-bond acceptors (Lipinski definition) is 3. The van der Waals surface area contributed by atoms with Crippen LogP contribution in [-0.2, 0) is 0 Å². The molecule has 0 bridgehead atoms. The van der Waals surface area contributed by atoms with Crippen molar-refractivity contribution in [3.8, 4) is 0 Å². The summed E-state index contributed by atoms with van der Waals surface area (Å²) in [6, 6.07) is 6.70. The number of aromatic carboxylic acids is 1. The van der Waals surface area contributed by atoms with Gasteiger partial charge in [0.15, 0.2) is 5.11 Å². The molecule has 0 aromatic heterocycles. The first-order valence-corrected chi connectivity index (χ1v) is 6.85. The number of carboxylic acid groups (broad SMARTS) is 1. The van der Waals surface area contributed by atoms with Crippen LogP contribution in [0.25, 0.3) is 0 Å². The number of unbranched alkanes of at least 4 members (excludes halogenated alkanes) is 1. The number of thiocarbonyl (C=S) groups is 1. The van der Waals surface area contributed by atoms with E-state index >= 15 is 0 Å². The number of rotatable bonds is 6. The van der Waals surface area contributed by atoms with Crippen LogP contribution in [0, 0.1) is 0 Å². The van der Waals surface area contributed by atoms with Crippen molar-refractivity contribution < 1.29 is 9.90 Å². The zero-order valence-electron chi connectivity index (χ0n) is 11.7. The fraction of sp³-hybridized carbons (Fsp3) is 0.357. The first-order chi connectivity index (χ1) is 9.56. The maximum atomic E-state index is 11.1. The third kappa shape index (κ3) is 4.97. The summed E-state index contributed by atoms with van der Waals surface area (Å²) in [6.07, 6.45) is 3.63. The van der Waals surface area contributed by atoms with E-state index in [4.69, 9.17) is 17.3 Å². The number of carboxylic acids is 1. The van der Waals surface area contributed by atoms with Crippen molar-refractivity contribution in [2.24, 2.45) is 5.10 Å². The van der Waals surface area contributed by atoms with E-state index in [1.54, 1.807) is 31.3 Å². The second kappa shape index (κ2) is 8.27. The smallest absolute Gasteiger partial charge is 0.336 e. The summed E-state index contributed by atoms with van der Waals surface area (Å²) in [6.45, 7) is 2.91. The molecule has 1 rings (SSSR count). The highest BCUT2D eigenvalue weighted by Gasteiger charge is 2.07. The van der Waals surface area contributed by atoms with Crippen LogP contribution in [0.1, 0.15) is 35.7 Å². The highest BCUT2D eigenvalue weighted by atomic mass is 32.1. The van der Waals surface area contributed by atoms with Gasteiger partial charge in [-0.3, -0.25) is 0 Å². The quantitative estimate of drug-likeness (QED) is 0.365. The molecule has 0 aliphatic carbocycles. The summed E-state index contributed by atoms with van der Waals surface area (Å²) < 4.78 is 0. The van der Waals surface area contributed by atoms with Crippen LogP contribution in [0.3, 0.4) is 0 Å². The van der Waals surface area contributed by atoms with Gasteiger partial charge >= 0.3 is 5.97 Å². The van der Waals surface area contributed by atoms with E-state index in [0.717, 1.165) is 19.4 Å². The highest BCUT2D eigenvalue weighted by molar-refractivity contribution is 7.80. The van der Waals surface area contributed by atoms with Gasteiger partial charge in [-0.1, -0.05) is 31.5 Å². The molecule has 0 unspecified atom stereocenters. The molecule has 0 amide bonds. The Hall–Kier alpha value is -1.95. The zero-order chi connectivity index (χ0) is 15.0. The second-order valence-electron chi connectivity index (χ2n) is 4.25. The van der Waals surface area contributed by atoms with E-state index < -0.39 is 5.97 Å². The van der Waals surface area contributed by atoms with Gasteiger partial charge in [0.25, 0.3) is 0 Å². The molecule has 0 heterocycles. The molecule has 108 valence electrons. The molecule has 0 fully saturated rings. The lowest BCUT2D eigenvalue weighted by Crippen LogP contribution is -2.34. The van der Waals surface area contributed by atoms with Gasteiger partial charge in [0.2, 0.25) is 0 Å². The molecule has 0 atom stereocenters. The van der Waals surface area contributed by atoms with Gasteiger partial charge in [0, 0.05) is 19.2 Å². The van der Waals surface area contributed by atoms with Crippen molar-refractivity contribution >= 4 is 29.5 Å². The first-order valence-electron chi connectivity index (χ1n) is 6.44. The monoisotopic (exact) mass is 293 g/mol. The largest absolute Gasteiger partial charge is 0.478 e. The van der Waals surface area contributed by atoms with Crippen LogP contribution in [0.15, 0.2) is 29.4 Å². The van der Waals surface area contributed by atoms with Crippen LogP contribution in [0.4, 0.5) is 0 Å². The van der Waals surface area contributed by atoms with Gasteiger partial charge in [-0.2, -0.15) is 5.10 Å². The predicted octanol–water partition coefficient (Wildman–Crippen LogP) is 2.33. The van der Waals surface area contributed by atoms with Gasteiger partial charge < -0.3 is 10.4 Å². The fourth-order valence-corrected chi connectivity index (χ4v) is 1.64. The molecule has 0 saturated carbocycles. The third-order valence-electron chi connectivity index (χ3n) is 2.66. The van der Waals surface area contributed by atoms with Crippen LogP contribution in [0.2, 0.25) is 0 Å². The molecule has 0 spiro atoms. The molecule has 5 nitrogen and oxygen atoms in total. The molecule has 6 heteroatoms. The molecule has 1 aromatic carbocycles. The van der Waals surface area contributed by atoms with E-state index in [9.17, 15) is 4.79 Å². The Morgan fingerprint density at radius 3 is 2.85 bits per heavy atom. The summed E-state index contributed by atoms with van der Waals surface area (Å²) in [4.78, 5) is 11.1. The standard InChI is InChI=1S/C14H19N3O2S/c1-3-4-9-15-14(20)17(2)16-10-11-7-5-6-8-12(11)13(18)19/h5-8,10H,3-4,9H2,1-2H3,(H,15,20)(H,18,19). The lowest BCUT2D eigenvalue weighted by molar-refractivity contribution is 0.0697. The van der Waals surface area contributed by atoms with Crippen molar-refractivity contribution in [3.63, 3.8) is 0 Å². The maximum absolute atomic E-state index is 11.1. The minimum absolute atomic E-state index is 0.217. The average Bonchev–Trinajstić information content (AvgIpc) is 2.45. The number of nitrogens with zero attached hydrogens (tertiary/aromatic N) is 2. The molecule has 0 aliphatic heterocycles. The third-order valence-corrected chi connectivity index (χ3v) is 3.07. The first kappa shape index (κ1) is 16.1. The van der Waals surface area contributed by atoms with E-state index in [-0.39, 0.29) is 5.56 Å². The Labute approximate surface area is 124 Å². The normalized spacial score (nSPS) is 10.5. The predicted molar refractivity (Wildman–Crippen MR) is 84.3 cm³/mol. The van der Waals surface area contributed by atoms with Gasteiger partial charge in [-0.05, 0) is 24.7 Å². The van der Waals surface area contributed by atoms with E-state index in [1.807, 2.05) is 0 Å². The van der Waals surface area contributed by atoms with Crippen LogP contribution in [-0.4, -0.2) is 41.0 Å². The van der Waals surface area contributed by atoms with Crippen molar-refractivity contribution in [1.29, 1.82) is 0 Å². The maximum Gasteiger partial charge on any atom is 0.336 e. The molecule has 0 aliphatic rings. The Bertz CT molecular complexity index is 503. The zero-order valence-corrected chi connectivity index (χ0v) is 12.5. The van der Waals surface area contributed by atoms with Crippen molar-refractivity contribution in [2.75, 3.05) is 13.6 Å². The Morgan fingerprint density at radius 1 is 1.50 bits per heavy atom. The average molecular weight is 293 g/mol. The lowest BCUT2D eigenvalue weighted by atomic mass is 10.1. The topological polar surface area (TPSA) is 64.9 Å². The number of nitrogens with one attached hydrogen (secondary N) is 1. The van der Waals surface area contributed by atoms with Crippen LogP contribution in [0.5, 0.6) is 0 Å². The number of hydrogen-bond donors (Lipinski definition) is 2. The van der Waals surface area contributed by atoms with E-state index in [0.29, 0.717) is 10.7 Å². The minimum atomic E-state index is -0.974. The summed E-state index contributed by atoms with van der Waals surface area (Å²) in [5.41, 5.74) is 0.762. The van der Waals surface area contributed by atoms with Gasteiger partial charge in [-0.15, -0.1) is 0 Å². The molecular formula is C14H19N3O2S. The van der Waals surface area contributed by atoms with Crippen molar-refractivity contribution in [2.45, 2.75) is 19.8 Å². The van der Waals surface area contributed by atoms with Crippen LogP contribution >= 0.6 is 12.2 Å². The van der Waals surface area contributed by atoms with Gasteiger partial charge in [0.05, 0.1) is 11.8 Å². The number of benzene rings is 1. The molecule has 1 aromatic rings. The Balaban J connectivity index is 2.67. The summed E-state index contributed by atoms with van der Waals surface area (Å²) in [5, 5.41) is 18.3. The summed E-state index contributed by atoms with van der Waals surface area (Å²) >= 11 is 5.17. The van der Waals surface area contributed by atoms with Crippen molar-refractivity contribution in [3.05, 3.63) is 35.4 Å². The highest BCUT2D eigenvalue weighted by Crippen LogP contribution is 2.06. The second-order valence-corrected chi connectivity index (χ2v) is 4.63. The van der Waals surface area contributed by atoms with Gasteiger partial charge in [-0.25, -0.2) is 9.80 Å². The molecule has 20 heavy (non-hydrogen) atoms. The van der Waals surface area contributed by atoms with Gasteiger partial charge in [0.1, 0.15) is 0 Å². The molecular weight excluding hydrogens is 274 g/mol. The summed E-state index contributed by atoms with van der Waals surface area (Å²) in [5.74, 6) is -0.974. The summed E-state index contributed by atoms with van der Waals surface area (Å²) in [7, 11) is 1.72. The molecule has 2 N–H and O–H groups in total. The van der Waals surface area contributed by atoms with Crippen LogP contribution < -0.4 is 5.32 Å². The molecule has 0 radical (unpaired) electrons. The number of hydrazone groups is 1. The SMILES string of the molecule is CCCCNC(=S)N(C)N=Cc1ccccc1C(=O)O. The Kier molecular flexibility index (Phi) is 6.66. The lowest BCUT2D eigenvalue weighted by Gasteiger charge is -2.15. The van der Waals surface area contributed by atoms with E-state index in [1.165, 1.54) is 11.2 Å². The van der Waals surface area contributed by atoms with E-state index in [2.05, 4.69) is 17.3 Å². The number of carbonyl (C=O) groups is 1.